The van der Waals surface area contributed by atoms with Crippen molar-refractivity contribution in [1.29, 1.82) is 0 Å². The molecule has 0 atom stereocenters. The van der Waals surface area contributed by atoms with E-state index in [1.165, 1.54) is 0 Å². The fourth-order valence-electron chi connectivity index (χ4n) is 2.17. The molecule has 0 amide bonds. The maximum absolute atomic E-state index is 4.41. The second-order valence-electron chi connectivity index (χ2n) is 5.23. The number of hydrogen-bond acceptors (Lipinski definition) is 3. The van der Waals surface area contributed by atoms with E-state index >= 15 is 0 Å². The van der Waals surface area contributed by atoms with Gasteiger partial charge in [0.2, 0.25) is 4.80 Å². The summed E-state index contributed by atoms with van der Waals surface area (Å²) in [6.45, 7) is 3.89. The van der Waals surface area contributed by atoms with E-state index in [0.717, 1.165) is 31.9 Å². The molecular formula is C18H16BrN3S. The van der Waals surface area contributed by atoms with Crippen LogP contribution in [0.25, 0.3) is 16.9 Å². The molecule has 0 aliphatic heterocycles. The number of para-hydroxylation sites is 1. The molecule has 5 heteroatoms. The van der Waals surface area contributed by atoms with Gasteiger partial charge in [0, 0.05) is 21.3 Å². The minimum absolute atomic E-state index is 0.857. The van der Waals surface area contributed by atoms with Crippen LogP contribution in [0.5, 0.6) is 0 Å². The molecule has 116 valence electrons. The summed E-state index contributed by atoms with van der Waals surface area (Å²) in [6, 6.07) is 18.5. The summed E-state index contributed by atoms with van der Waals surface area (Å²) in [7, 11) is 0. The lowest BCUT2D eigenvalue weighted by Crippen LogP contribution is -2.13. The van der Waals surface area contributed by atoms with Gasteiger partial charge in [0.1, 0.15) is 0 Å². The van der Waals surface area contributed by atoms with Gasteiger partial charge in [0.15, 0.2) is 0 Å². The molecule has 0 bridgehead atoms. The molecule has 3 nitrogen and oxygen atoms in total. The quantitative estimate of drug-likeness (QED) is 0.434. The van der Waals surface area contributed by atoms with Gasteiger partial charge in [-0.1, -0.05) is 46.3 Å². The summed E-state index contributed by atoms with van der Waals surface area (Å²) in [5.41, 5.74) is 4.26. The summed E-state index contributed by atoms with van der Waals surface area (Å²) < 4.78 is 3.21. The number of thiazole rings is 1. The van der Waals surface area contributed by atoms with Crippen molar-refractivity contribution in [2.24, 2.45) is 10.2 Å². The van der Waals surface area contributed by atoms with Crippen molar-refractivity contribution < 1.29 is 0 Å². The fraction of sp³-hybridized carbons (Fsp3) is 0.111. The molecular weight excluding hydrogens is 370 g/mol. The van der Waals surface area contributed by atoms with Crippen molar-refractivity contribution in [2.45, 2.75) is 13.8 Å². The summed E-state index contributed by atoms with van der Waals surface area (Å²) in [5, 5.41) is 10.8. The highest BCUT2D eigenvalue weighted by atomic mass is 79.9. The molecule has 23 heavy (non-hydrogen) atoms. The Bertz CT molecular complexity index is 886. The van der Waals surface area contributed by atoms with Gasteiger partial charge in [-0.3, -0.25) is 4.57 Å². The number of rotatable bonds is 3. The Hall–Kier alpha value is -1.98. The van der Waals surface area contributed by atoms with Crippen LogP contribution in [0.4, 0.5) is 0 Å². The van der Waals surface area contributed by atoms with E-state index in [-0.39, 0.29) is 0 Å². The maximum Gasteiger partial charge on any atom is 0.215 e. The molecule has 3 rings (SSSR count). The second-order valence-corrected chi connectivity index (χ2v) is 6.98. The van der Waals surface area contributed by atoms with Crippen LogP contribution in [0, 0.1) is 0 Å². The first-order valence-corrected chi connectivity index (χ1v) is 8.89. The Labute approximate surface area is 147 Å². The molecule has 0 spiro atoms. The lowest BCUT2D eigenvalue weighted by Gasteiger charge is -2.09. The number of halogens is 1. The Balaban J connectivity index is 2.23. The van der Waals surface area contributed by atoms with E-state index in [0.29, 0.717) is 0 Å². The average molecular weight is 386 g/mol. The molecule has 1 aromatic heterocycles. The first-order valence-electron chi connectivity index (χ1n) is 7.22. The zero-order chi connectivity index (χ0) is 16.2. The van der Waals surface area contributed by atoms with Gasteiger partial charge in [-0.2, -0.15) is 5.10 Å². The summed E-state index contributed by atoms with van der Waals surface area (Å²) in [6.07, 6.45) is 0. The molecule has 0 N–H and O–H groups in total. The third kappa shape index (κ3) is 3.68. The Morgan fingerprint density at radius 2 is 1.70 bits per heavy atom. The van der Waals surface area contributed by atoms with Crippen molar-refractivity contribution in [3.8, 4) is 16.9 Å². The molecule has 0 fully saturated rings. The highest BCUT2D eigenvalue weighted by Gasteiger charge is 2.09. The number of hydrogen-bond donors (Lipinski definition) is 0. The molecule has 3 aromatic rings. The normalized spacial score (nSPS) is 11.5. The van der Waals surface area contributed by atoms with Crippen LogP contribution in [0.2, 0.25) is 0 Å². The third-order valence-electron chi connectivity index (χ3n) is 3.20. The first kappa shape index (κ1) is 15.9. The summed E-state index contributed by atoms with van der Waals surface area (Å²) >= 11 is 5.08. The first-order chi connectivity index (χ1) is 11.1. The van der Waals surface area contributed by atoms with E-state index in [2.05, 4.69) is 60.3 Å². The van der Waals surface area contributed by atoms with Gasteiger partial charge in [-0.15, -0.1) is 16.4 Å². The standard InChI is InChI=1S/C18H16BrN3S/c1-13(2)20-21-18-22(16-6-4-3-5-7-16)17(12-23-18)14-8-10-15(19)11-9-14/h3-12H,1-2H3/b21-18-. The highest BCUT2D eigenvalue weighted by Crippen LogP contribution is 2.25. The van der Waals surface area contributed by atoms with E-state index in [1.54, 1.807) is 11.3 Å². The molecule has 0 radical (unpaired) electrons. The predicted molar refractivity (Wildman–Crippen MR) is 101 cm³/mol. The van der Waals surface area contributed by atoms with Crippen LogP contribution in [-0.2, 0) is 0 Å². The van der Waals surface area contributed by atoms with Crippen LogP contribution in [0.3, 0.4) is 0 Å². The largest absolute Gasteiger partial charge is 0.284 e. The Kier molecular flexibility index (Phi) is 4.88. The highest BCUT2D eigenvalue weighted by molar-refractivity contribution is 9.10. The zero-order valence-electron chi connectivity index (χ0n) is 12.9. The topological polar surface area (TPSA) is 29.6 Å². The van der Waals surface area contributed by atoms with Crippen LogP contribution in [0.15, 0.2) is 74.7 Å². The van der Waals surface area contributed by atoms with Gasteiger partial charge in [-0.25, -0.2) is 0 Å². The van der Waals surface area contributed by atoms with E-state index in [4.69, 9.17) is 0 Å². The van der Waals surface area contributed by atoms with Crippen LogP contribution in [0.1, 0.15) is 13.8 Å². The Morgan fingerprint density at radius 3 is 2.35 bits per heavy atom. The molecule has 0 unspecified atom stereocenters. The summed E-state index contributed by atoms with van der Waals surface area (Å²) in [4.78, 5) is 0.857. The monoisotopic (exact) mass is 385 g/mol. The minimum atomic E-state index is 0.857. The number of aromatic nitrogens is 1. The number of benzene rings is 2. The van der Waals surface area contributed by atoms with E-state index in [9.17, 15) is 0 Å². The van der Waals surface area contributed by atoms with Crippen molar-refractivity contribution in [1.82, 2.24) is 4.57 Å². The third-order valence-corrected chi connectivity index (χ3v) is 4.54. The minimum Gasteiger partial charge on any atom is -0.284 e. The smallest absolute Gasteiger partial charge is 0.215 e. The second kappa shape index (κ2) is 7.06. The lowest BCUT2D eigenvalue weighted by molar-refractivity contribution is 0.969. The maximum atomic E-state index is 4.41. The van der Waals surface area contributed by atoms with Crippen molar-refractivity contribution >= 4 is 33.0 Å². The van der Waals surface area contributed by atoms with Gasteiger partial charge < -0.3 is 0 Å². The van der Waals surface area contributed by atoms with Gasteiger partial charge in [0.25, 0.3) is 0 Å². The van der Waals surface area contributed by atoms with Gasteiger partial charge >= 0.3 is 0 Å². The lowest BCUT2D eigenvalue weighted by atomic mass is 10.1. The predicted octanol–water partition coefficient (Wildman–Crippen LogP) is 5.26. The van der Waals surface area contributed by atoms with Gasteiger partial charge in [0.05, 0.1) is 5.69 Å². The molecule has 1 heterocycles. The molecule has 0 aliphatic rings. The van der Waals surface area contributed by atoms with Crippen LogP contribution < -0.4 is 4.80 Å². The Morgan fingerprint density at radius 1 is 1.00 bits per heavy atom. The average Bonchev–Trinajstić information content (AvgIpc) is 2.98. The van der Waals surface area contributed by atoms with E-state index in [1.807, 2.05) is 44.2 Å². The molecule has 2 aromatic carbocycles. The number of nitrogens with zero attached hydrogens (tertiary/aromatic N) is 3. The summed E-state index contributed by atoms with van der Waals surface area (Å²) in [5.74, 6) is 0. The van der Waals surface area contributed by atoms with Crippen molar-refractivity contribution in [2.75, 3.05) is 0 Å². The fourth-order valence-corrected chi connectivity index (χ4v) is 3.29. The van der Waals surface area contributed by atoms with Crippen molar-refractivity contribution in [3.63, 3.8) is 0 Å². The van der Waals surface area contributed by atoms with Gasteiger partial charge in [-0.05, 0) is 43.7 Å². The molecule has 0 aliphatic carbocycles. The molecule has 0 saturated carbocycles. The zero-order valence-corrected chi connectivity index (χ0v) is 15.3. The SMILES string of the molecule is CC(C)=N/N=c1\scc(-c2ccc(Br)cc2)n1-c1ccccc1. The molecule has 0 saturated heterocycles. The van der Waals surface area contributed by atoms with Crippen LogP contribution in [-0.4, -0.2) is 10.3 Å². The van der Waals surface area contributed by atoms with E-state index < -0.39 is 0 Å². The van der Waals surface area contributed by atoms with Crippen molar-refractivity contribution in [3.05, 3.63) is 69.3 Å². The van der Waals surface area contributed by atoms with Crippen LogP contribution >= 0.6 is 27.3 Å².